The van der Waals surface area contributed by atoms with Crippen LogP contribution in [0.3, 0.4) is 0 Å². The van der Waals surface area contributed by atoms with Crippen LogP contribution < -0.4 is 5.32 Å². The molecule has 2 aromatic rings. The first-order chi connectivity index (χ1) is 19.8. The number of nitriles is 1. The number of hydrogen-bond acceptors (Lipinski definition) is 14. The molecule has 1 aliphatic heterocycles. The van der Waals surface area contributed by atoms with Gasteiger partial charge in [-0.15, -0.1) is 0 Å². The Balaban J connectivity index is 2.15. The Bertz CT molecular complexity index is 1350. The summed E-state index contributed by atoms with van der Waals surface area (Å²) in [5.41, 5.74) is -2.25. The van der Waals surface area contributed by atoms with Crippen LogP contribution in [0.1, 0.15) is 47.2 Å². The number of nitrogens with zero attached hydrogens (tertiary/aromatic N) is 4. The molecule has 3 rings (SSSR count). The lowest BCUT2D eigenvalue weighted by Gasteiger charge is -2.28. The van der Waals surface area contributed by atoms with E-state index in [2.05, 4.69) is 15.4 Å². The van der Waals surface area contributed by atoms with E-state index in [4.69, 9.17) is 33.2 Å². The molecule has 2 N–H and O–H groups in total. The SMILES string of the molecule is CC(C)OC(=O)OC[C@H]1O[C@@](C#N)(c2ccc3c(NC(=O)O)ncnn23)[C@H](OC(=O)OC(C)C)[C@@H]1OC(=O)OC(C)C. The maximum atomic E-state index is 12.7. The van der Waals surface area contributed by atoms with Gasteiger partial charge in [0, 0.05) is 0 Å². The lowest BCUT2D eigenvalue weighted by atomic mass is 9.92. The maximum Gasteiger partial charge on any atom is 0.509 e. The summed E-state index contributed by atoms with van der Waals surface area (Å²) in [7, 11) is 0. The normalized spacial score (nSPS) is 21.6. The fourth-order valence-corrected chi connectivity index (χ4v) is 4.01. The standard InChI is InChI=1S/C25H31N5O12/c1-12(2)37-22(33)36-9-16-18(40-23(34)38-13(3)4)19(41-24(35)39-14(5)6)25(10-26,42-16)17-8-7-15-20(29-21(31)32)27-11-28-30(15)17/h7-8,11-14,16,18-19H,9H2,1-6H3,(H,31,32)(H,27,28,29)/t16-,18-,19-,25+/m1/s1. The summed E-state index contributed by atoms with van der Waals surface area (Å²) in [6.07, 6.45) is -10.4. The maximum absolute atomic E-state index is 12.7. The predicted octanol–water partition coefficient (Wildman–Crippen LogP) is 3.36. The fourth-order valence-electron chi connectivity index (χ4n) is 4.01. The number of carbonyl (C=O) groups excluding carboxylic acids is 3. The summed E-state index contributed by atoms with van der Waals surface area (Å²) >= 11 is 0. The number of rotatable bonds is 9. The molecule has 0 bridgehead atoms. The van der Waals surface area contributed by atoms with Crippen LogP contribution in [-0.4, -0.2) is 87.5 Å². The summed E-state index contributed by atoms with van der Waals surface area (Å²) < 4.78 is 38.5. The van der Waals surface area contributed by atoms with Crippen molar-refractivity contribution in [2.75, 3.05) is 11.9 Å². The van der Waals surface area contributed by atoms with Gasteiger partial charge in [0.2, 0.25) is 5.60 Å². The second-order valence-corrected chi connectivity index (χ2v) is 9.74. The second-order valence-electron chi connectivity index (χ2n) is 9.74. The third-order valence-electron chi connectivity index (χ3n) is 5.44. The molecule has 0 saturated carbocycles. The average Bonchev–Trinajstić information content (AvgIpc) is 3.42. The number of carbonyl (C=O) groups is 4. The second kappa shape index (κ2) is 13.2. The number of amides is 1. The van der Waals surface area contributed by atoms with E-state index < -0.39 is 73.4 Å². The van der Waals surface area contributed by atoms with E-state index in [1.165, 1.54) is 12.1 Å². The van der Waals surface area contributed by atoms with Gasteiger partial charge in [-0.2, -0.15) is 10.4 Å². The Morgan fingerprint density at radius 3 is 2.19 bits per heavy atom. The molecule has 1 amide bonds. The molecular formula is C25H31N5O12. The van der Waals surface area contributed by atoms with Crippen molar-refractivity contribution >= 4 is 35.9 Å². The molecule has 0 unspecified atom stereocenters. The zero-order chi connectivity index (χ0) is 31.2. The zero-order valence-electron chi connectivity index (χ0n) is 23.6. The van der Waals surface area contributed by atoms with Gasteiger partial charge in [-0.05, 0) is 53.7 Å². The van der Waals surface area contributed by atoms with Gasteiger partial charge in [-0.3, -0.25) is 5.32 Å². The minimum atomic E-state index is -2.28. The van der Waals surface area contributed by atoms with Gasteiger partial charge in [0.15, 0.2) is 18.0 Å². The predicted molar refractivity (Wildman–Crippen MR) is 137 cm³/mol. The first kappa shape index (κ1) is 31.7. The van der Waals surface area contributed by atoms with E-state index in [1.807, 2.05) is 6.07 Å². The fraction of sp³-hybridized carbons (Fsp3) is 0.560. The van der Waals surface area contributed by atoms with Crippen molar-refractivity contribution in [2.24, 2.45) is 0 Å². The molecule has 1 aliphatic rings. The van der Waals surface area contributed by atoms with Gasteiger partial charge in [0.25, 0.3) is 0 Å². The topological polar surface area (TPSA) is 219 Å². The number of ether oxygens (including phenoxy) is 7. The smallest absolute Gasteiger partial charge is 0.465 e. The highest BCUT2D eigenvalue weighted by atomic mass is 16.8. The number of fused-ring (bicyclic) bond motifs is 1. The van der Waals surface area contributed by atoms with Gasteiger partial charge < -0.3 is 38.3 Å². The Kier molecular flexibility index (Phi) is 9.96. The molecule has 42 heavy (non-hydrogen) atoms. The van der Waals surface area contributed by atoms with Crippen LogP contribution in [0.5, 0.6) is 0 Å². The highest BCUT2D eigenvalue weighted by Crippen LogP contribution is 2.44. The minimum absolute atomic E-state index is 0.0729. The number of hydrogen-bond donors (Lipinski definition) is 2. The third kappa shape index (κ3) is 7.26. The van der Waals surface area contributed by atoms with Crippen LogP contribution in [0.25, 0.3) is 5.52 Å². The monoisotopic (exact) mass is 593 g/mol. The average molecular weight is 594 g/mol. The van der Waals surface area contributed by atoms with Crippen LogP contribution >= 0.6 is 0 Å². The quantitative estimate of drug-likeness (QED) is 0.314. The molecular weight excluding hydrogens is 562 g/mol. The number of carboxylic acid groups (broad SMARTS) is 1. The van der Waals surface area contributed by atoms with E-state index in [1.54, 1.807) is 41.5 Å². The molecule has 1 fully saturated rings. The molecule has 0 spiro atoms. The van der Waals surface area contributed by atoms with Crippen molar-refractivity contribution in [3.05, 3.63) is 24.2 Å². The van der Waals surface area contributed by atoms with Crippen LogP contribution in [0, 0.1) is 11.3 Å². The molecule has 4 atom stereocenters. The summed E-state index contributed by atoms with van der Waals surface area (Å²) in [6, 6.07) is 4.70. The summed E-state index contributed by atoms with van der Waals surface area (Å²) in [6.45, 7) is 8.83. The van der Waals surface area contributed by atoms with Crippen molar-refractivity contribution in [1.82, 2.24) is 14.6 Å². The Morgan fingerprint density at radius 1 is 1.02 bits per heavy atom. The Hall–Kier alpha value is -4.85. The largest absolute Gasteiger partial charge is 0.509 e. The molecule has 228 valence electrons. The van der Waals surface area contributed by atoms with Crippen molar-refractivity contribution < 1.29 is 57.4 Å². The third-order valence-corrected chi connectivity index (χ3v) is 5.44. The summed E-state index contributed by atoms with van der Waals surface area (Å²) in [4.78, 5) is 52.7. The van der Waals surface area contributed by atoms with Crippen molar-refractivity contribution in [3.63, 3.8) is 0 Å². The van der Waals surface area contributed by atoms with Crippen LogP contribution in [0.4, 0.5) is 25.0 Å². The van der Waals surface area contributed by atoms with E-state index in [9.17, 15) is 29.5 Å². The molecule has 0 radical (unpaired) electrons. The summed E-state index contributed by atoms with van der Waals surface area (Å²) in [5, 5.41) is 26.0. The molecule has 1 saturated heterocycles. The van der Waals surface area contributed by atoms with E-state index in [0.29, 0.717) is 0 Å². The zero-order valence-corrected chi connectivity index (χ0v) is 23.6. The van der Waals surface area contributed by atoms with E-state index in [-0.39, 0.29) is 17.0 Å². The van der Waals surface area contributed by atoms with Gasteiger partial charge in [0.05, 0.1) is 24.0 Å². The number of aromatic nitrogens is 3. The van der Waals surface area contributed by atoms with Gasteiger partial charge in [-0.1, -0.05) is 0 Å². The Labute approximate surface area is 239 Å². The summed E-state index contributed by atoms with van der Waals surface area (Å²) in [5.74, 6) is -0.129. The van der Waals surface area contributed by atoms with Gasteiger partial charge in [-0.25, -0.2) is 28.7 Å². The molecule has 3 heterocycles. The van der Waals surface area contributed by atoms with Crippen molar-refractivity contribution in [2.45, 2.75) is 83.8 Å². The number of nitrogens with one attached hydrogen (secondary N) is 1. The Morgan fingerprint density at radius 2 is 1.62 bits per heavy atom. The van der Waals surface area contributed by atoms with E-state index in [0.717, 1.165) is 10.8 Å². The highest BCUT2D eigenvalue weighted by Gasteiger charge is 2.63. The van der Waals surface area contributed by atoms with E-state index >= 15 is 0 Å². The highest BCUT2D eigenvalue weighted by molar-refractivity contribution is 5.87. The first-order valence-corrected chi connectivity index (χ1v) is 12.8. The molecule has 2 aromatic heterocycles. The molecule has 0 aromatic carbocycles. The van der Waals surface area contributed by atoms with Crippen LogP contribution in [-0.2, 0) is 38.8 Å². The van der Waals surface area contributed by atoms with Gasteiger partial charge >= 0.3 is 24.6 Å². The molecule has 0 aliphatic carbocycles. The lowest BCUT2D eigenvalue weighted by Crippen LogP contribution is -2.46. The minimum Gasteiger partial charge on any atom is -0.465 e. The number of anilines is 1. The molecule has 17 heteroatoms. The van der Waals surface area contributed by atoms with Crippen LogP contribution in [0.15, 0.2) is 18.5 Å². The molecule has 17 nitrogen and oxygen atoms in total. The van der Waals surface area contributed by atoms with Gasteiger partial charge in [0.1, 0.15) is 30.6 Å². The van der Waals surface area contributed by atoms with Crippen molar-refractivity contribution in [3.8, 4) is 6.07 Å². The first-order valence-electron chi connectivity index (χ1n) is 12.8. The van der Waals surface area contributed by atoms with Crippen LogP contribution in [0.2, 0.25) is 0 Å². The lowest BCUT2D eigenvalue weighted by molar-refractivity contribution is -0.0829. The van der Waals surface area contributed by atoms with Crippen molar-refractivity contribution in [1.29, 1.82) is 5.26 Å².